The highest BCUT2D eigenvalue weighted by atomic mass is 16.5. The summed E-state index contributed by atoms with van der Waals surface area (Å²) in [6.45, 7) is 1.60. The molecule has 0 spiro atoms. The Balaban J connectivity index is 1.36. The Morgan fingerprint density at radius 3 is 2.66 bits per heavy atom. The van der Waals surface area contributed by atoms with Crippen molar-refractivity contribution >= 4 is 23.5 Å². The number of amides is 4. The topological polar surface area (TPSA) is 135 Å². The molecule has 164 valence electrons. The number of aryl methyl sites for hydroxylation is 1. The van der Waals surface area contributed by atoms with Gasteiger partial charge in [0.05, 0.1) is 7.11 Å². The maximum Gasteiger partial charge on any atom is 0.322 e. The smallest absolute Gasteiger partial charge is 0.322 e. The lowest BCUT2D eigenvalue weighted by Crippen LogP contribution is -2.40. The largest absolute Gasteiger partial charge is 0.497 e. The second-order valence-electron chi connectivity index (χ2n) is 7.40. The third kappa shape index (κ3) is 4.29. The number of nitrogens with one attached hydrogen (secondary N) is 3. The van der Waals surface area contributed by atoms with Crippen LogP contribution in [-0.2, 0) is 21.5 Å². The zero-order valence-corrected chi connectivity index (χ0v) is 17.5. The van der Waals surface area contributed by atoms with Crippen LogP contribution in [0, 0.1) is 0 Å². The van der Waals surface area contributed by atoms with Gasteiger partial charge >= 0.3 is 6.03 Å². The molecule has 1 aromatic heterocycles. The quantitative estimate of drug-likeness (QED) is 0.485. The van der Waals surface area contributed by atoms with E-state index in [-0.39, 0.29) is 18.7 Å². The molecular weight excluding hydrogens is 414 g/mol. The van der Waals surface area contributed by atoms with Gasteiger partial charge in [-0.25, -0.2) is 4.79 Å². The van der Waals surface area contributed by atoms with E-state index in [0.717, 1.165) is 11.3 Å². The van der Waals surface area contributed by atoms with Gasteiger partial charge < -0.3 is 19.9 Å². The second-order valence-corrected chi connectivity index (χ2v) is 7.40. The predicted octanol–water partition coefficient (Wildman–Crippen LogP) is 2.37. The lowest BCUT2D eigenvalue weighted by atomic mass is 9.92. The van der Waals surface area contributed by atoms with Crippen molar-refractivity contribution in [2.24, 2.45) is 0 Å². The van der Waals surface area contributed by atoms with Gasteiger partial charge in [-0.1, -0.05) is 17.3 Å². The molecule has 1 aliphatic heterocycles. The molecule has 1 atom stereocenters. The summed E-state index contributed by atoms with van der Waals surface area (Å²) in [6.07, 6.45) is 0.397. The van der Waals surface area contributed by atoms with Crippen LogP contribution in [0.2, 0.25) is 0 Å². The van der Waals surface area contributed by atoms with Gasteiger partial charge in [-0.15, -0.1) is 0 Å². The first-order chi connectivity index (χ1) is 15.4. The van der Waals surface area contributed by atoms with Crippen LogP contribution in [0.4, 0.5) is 10.5 Å². The minimum absolute atomic E-state index is 0.128. The first-order valence-electron chi connectivity index (χ1n) is 9.88. The second kappa shape index (κ2) is 8.50. The molecule has 10 heteroatoms. The predicted molar refractivity (Wildman–Crippen MR) is 114 cm³/mol. The van der Waals surface area contributed by atoms with Crippen LogP contribution in [0.5, 0.6) is 5.75 Å². The first-order valence-corrected chi connectivity index (χ1v) is 9.88. The standard InChI is InChI=1S/C22H21N5O5/c1-22(20(29)25-21(30)26-22)14-4-3-5-15(12-14)23-17(28)10-11-18-24-19(27-32-18)13-6-8-16(31-2)9-7-13/h3-9,12H,10-11H2,1-2H3,(H,23,28)(H2,25,26,29,30). The van der Waals surface area contributed by atoms with E-state index < -0.39 is 17.5 Å². The number of ether oxygens (including phenoxy) is 1. The zero-order valence-electron chi connectivity index (χ0n) is 17.5. The monoisotopic (exact) mass is 435 g/mol. The van der Waals surface area contributed by atoms with Gasteiger partial charge in [0.25, 0.3) is 5.91 Å². The number of hydrogen-bond donors (Lipinski definition) is 3. The summed E-state index contributed by atoms with van der Waals surface area (Å²) >= 11 is 0. The molecule has 4 amide bonds. The molecule has 0 radical (unpaired) electrons. The van der Waals surface area contributed by atoms with Crippen molar-refractivity contribution in [3.8, 4) is 17.1 Å². The summed E-state index contributed by atoms with van der Waals surface area (Å²) in [5, 5.41) is 11.5. The number of aromatic nitrogens is 2. The molecule has 2 aromatic carbocycles. The Morgan fingerprint density at radius 1 is 1.19 bits per heavy atom. The van der Waals surface area contributed by atoms with Gasteiger partial charge in [-0.3, -0.25) is 14.9 Å². The average Bonchev–Trinajstić information content (AvgIpc) is 3.37. The Morgan fingerprint density at radius 2 is 1.97 bits per heavy atom. The van der Waals surface area contributed by atoms with Gasteiger partial charge in [0.15, 0.2) is 0 Å². The molecule has 10 nitrogen and oxygen atoms in total. The van der Waals surface area contributed by atoms with Crippen molar-refractivity contribution in [3.05, 3.63) is 60.0 Å². The zero-order chi connectivity index (χ0) is 22.7. The maximum absolute atomic E-state index is 12.4. The minimum atomic E-state index is -1.20. The van der Waals surface area contributed by atoms with Crippen LogP contribution in [0.15, 0.2) is 53.1 Å². The number of imide groups is 1. The summed E-state index contributed by atoms with van der Waals surface area (Å²) < 4.78 is 10.4. The molecule has 1 fully saturated rings. The van der Waals surface area contributed by atoms with Gasteiger partial charge in [-0.2, -0.15) is 4.98 Å². The van der Waals surface area contributed by atoms with E-state index in [4.69, 9.17) is 9.26 Å². The first kappa shape index (κ1) is 21.0. The molecule has 4 rings (SSSR count). The van der Waals surface area contributed by atoms with Crippen molar-refractivity contribution in [3.63, 3.8) is 0 Å². The van der Waals surface area contributed by atoms with Crippen LogP contribution in [-0.4, -0.2) is 35.1 Å². The number of hydrogen-bond acceptors (Lipinski definition) is 7. The Hall–Kier alpha value is -4.21. The van der Waals surface area contributed by atoms with E-state index in [2.05, 4.69) is 26.1 Å². The molecule has 2 heterocycles. The average molecular weight is 435 g/mol. The van der Waals surface area contributed by atoms with E-state index >= 15 is 0 Å². The number of carbonyl (C=O) groups excluding carboxylic acids is 3. The number of carbonyl (C=O) groups is 3. The van der Waals surface area contributed by atoms with Gasteiger partial charge in [0.1, 0.15) is 11.3 Å². The Bertz CT molecular complexity index is 1170. The molecule has 1 unspecified atom stereocenters. The van der Waals surface area contributed by atoms with Gasteiger partial charge in [0, 0.05) is 24.1 Å². The van der Waals surface area contributed by atoms with E-state index in [1.165, 1.54) is 0 Å². The lowest BCUT2D eigenvalue weighted by molar-refractivity contribution is -0.123. The highest BCUT2D eigenvalue weighted by molar-refractivity contribution is 6.07. The van der Waals surface area contributed by atoms with Crippen molar-refractivity contribution in [1.82, 2.24) is 20.8 Å². The molecule has 3 N–H and O–H groups in total. The number of urea groups is 1. The van der Waals surface area contributed by atoms with Crippen LogP contribution in [0.1, 0.15) is 24.8 Å². The Kier molecular flexibility index (Phi) is 5.59. The summed E-state index contributed by atoms with van der Waals surface area (Å²) in [6, 6.07) is 13.4. The number of nitrogens with zero attached hydrogens (tertiary/aromatic N) is 2. The highest BCUT2D eigenvalue weighted by Crippen LogP contribution is 2.26. The molecule has 0 saturated carbocycles. The fraction of sp³-hybridized carbons (Fsp3) is 0.227. The fourth-order valence-electron chi connectivity index (χ4n) is 3.31. The molecule has 0 bridgehead atoms. The molecule has 0 aliphatic carbocycles. The van der Waals surface area contributed by atoms with Crippen LogP contribution in [0.25, 0.3) is 11.4 Å². The third-order valence-electron chi connectivity index (χ3n) is 5.15. The SMILES string of the molecule is COc1ccc(-c2noc(CCC(=O)Nc3cccc(C4(C)NC(=O)NC4=O)c3)n2)cc1. The van der Waals surface area contributed by atoms with E-state index in [9.17, 15) is 14.4 Å². The summed E-state index contributed by atoms with van der Waals surface area (Å²) in [5.74, 6) is 0.799. The van der Waals surface area contributed by atoms with Crippen LogP contribution < -0.4 is 20.7 Å². The van der Waals surface area contributed by atoms with Gasteiger partial charge in [0.2, 0.25) is 17.6 Å². The maximum atomic E-state index is 12.4. The highest BCUT2D eigenvalue weighted by Gasteiger charge is 2.43. The van der Waals surface area contributed by atoms with E-state index in [0.29, 0.717) is 23.0 Å². The normalized spacial score (nSPS) is 17.6. The van der Waals surface area contributed by atoms with Gasteiger partial charge in [-0.05, 0) is 48.9 Å². The minimum Gasteiger partial charge on any atom is -0.497 e. The number of benzene rings is 2. The lowest BCUT2D eigenvalue weighted by Gasteiger charge is -2.21. The van der Waals surface area contributed by atoms with Crippen molar-refractivity contribution in [1.29, 1.82) is 0 Å². The summed E-state index contributed by atoms with van der Waals surface area (Å²) in [5.41, 5.74) is 0.643. The Labute approximate surface area is 183 Å². The molecule has 32 heavy (non-hydrogen) atoms. The number of rotatable bonds is 7. The van der Waals surface area contributed by atoms with E-state index in [1.807, 2.05) is 12.1 Å². The molecule has 1 saturated heterocycles. The number of anilines is 1. The fourth-order valence-corrected chi connectivity index (χ4v) is 3.31. The molecule has 1 aliphatic rings. The van der Waals surface area contributed by atoms with Crippen molar-refractivity contribution in [2.75, 3.05) is 12.4 Å². The third-order valence-corrected chi connectivity index (χ3v) is 5.15. The number of methoxy groups -OCH3 is 1. The van der Waals surface area contributed by atoms with Crippen LogP contribution >= 0.6 is 0 Å². The van der Waals surface area contributed by atoms with Crippen molar-refractivity contribution < 1.29 is 23.6 Å². The van der Waals surface area contributed by atoms with Crippen molar-refractivity contribution in [2.45, 2.75) is 25.3 Å². The molecular formula is C22H21N5O5. The summed E-state index contributed by atoms with van der Waals surface area (Å²) in [4.78, 5) is 40.4. The van der Waals surface area contributed by atoms with Crippen LogP contribution in [0.3, 0.4) is 0 Å². The molecule has 3 aromatic rings. The van der Waals surface area contributed by atoms with E-state index in [1.54, 1.807) is 50.4 Å². The summed E-state index contributed by atoms with van der Waals surface area (Å²) in [7, 11) is 1.59.